The third-order valence-corrected chi connectivity index (χ3v) is 3.12. The van der Waals surface area contributed by atoms with Crippen molar-refractivity contribution in [2.75, 3.05) is 5.32 Å². The molecule has 6 heteroatoms. The minimum Gasteiger partial charge on any atom is -0.479 e. The van der Waals surface area contributed by atoms with E-state index in [1.165, 1.54) is 30.3 Å². The largest absolute Gasteiger partial charge is 0.479 e. The van der Waals surface area contributed by atoms with E-state index in [0.29, 0.717) is 17.0 Å². The molecule has 22 heavy (non-hydrogen) atoms. The highest BCUT2D eigenvalue weighted by Gasteiger charge is 2.16. The summed E-state index contributed by atoms with van der Waals surface area (Å²) in [7, 11) is 0. The van der Waals surface area contributed by atoms with Crippen molar-refractivity contribution in [2.24, 2.45) is 0 Å². The van der Waals surface area contributed by atoms with Gasteiger partial charge in [-0.05, 0) is 43.3 Å². The Morgan fingerprint density at radius 1 is 1.36 bits per heavy atom. The average molecular weight is 319 g/mol. The summed E-state index contributed by atoms with van der Waals surface area (Å²) < 4.78 is 18.5. The molecule has 2 rings (SSSR count). The summed E-state index contributed by atoms with van der Waals surface area (Å²) >= 11 is 5.98. The molecule has 0 heterocycles. The normalized spacial score (nSPS) is 11.4. The van der Waals surface area contributed by atoms with E-state index in [4.69, 9.17) is 21.6 Å². The minimum atomic E-state index is -0.839. The van der Waals surface area contributed by atoms with Gasteiger partial charge in [0.2, 0.25) is 0 Å². The first-order chi connectivity index (χ1) is 10.5. The molecule has 0 radical (unpaired) electrons. The number of carbonyl (C=O) groups is 1. The van der Waals surface area contributed by atoms with Crippen LogP contribution in [-0.2, 0) is 4.79 Å². The molecular weight excluding hydrogens is 307 g/mol. The molecule has 2 aromatic rings. The van der Waals surface area contributed by atoms with Gasteiger partial charge in [0.25, 0.3) is 5.91 Å². The van der Waals surface area contributed by atoms with E-state index < -0.39 is 17.8 Å². The first-order valence-corrected chi connectivity index (χ1v) is 6.80. The highest BCUT2D eigenvalue weighted by atomic mass is 35.5. The van der Waals surface area contributed by atoms with Crippen LogP contribution in [0.1, 0.15) is 12.5 Å². The van der Waals surface area contributed by atoms with Crippen LogP contribution >= 0.6 is 11.6 Å². The van der Waals surface area contributed by atoms with Crippen LogP contribution in [0.25, 0.3) is 0 Å². The number of hydrogen-bond donors (Lipinski definition) is 1. The Labute approximate surface area is 132 Å². The Morgan fingerprint density at radius 3 is 2.77 bits per heavy atom. The molecule has 0 aliphatic heterocycles. The third kappa shape index (κ3) is 3.96. The maximum atomic E-state index is 13.1. The van der Waals surface area contributed by atoms with Crippen LogP contribution in [0.4, 0.5) is 10.1 Å². The van der Waals surface area contributed by atoms with Gasteiger partial charge < -0.3 is 10.1 Å². The fraction of sp³-hybridized carbons (Fsp3) is 0.125. The van der Waals surface area contributed by atoms with Crippen molar-refractivity contribution in [1.29, 1.82) is 5.26 Å². The van der Waals surface area contributed by atoms with Crippen molar-refractivity contribution in [3.05, 3.63) is 58.9 Å². The van der Waals surface area contributed by atoms with Gasteiger partial charge in [-0.2, -0.15) is 5.26 Å². The molecule has 0 bridgehead atoms. The van der Waals surface area contributed by atoms with Crippen LogP contribution in [-0.4, -0.2) is 12.0 Å². The SMILES string of the molecule is C[C@@H](Oc1ccc(C#N)cc1Cl)C(=O)Nc1cccc(F)c1. The fourth-order valence-electron chi connectivity index (χ4n) is 1.72. The van der Waals surface area contributed by atoms with Crippen molar-refractivity contribution < 1.29 is 13.9 Å². The fourth-order valence-corrected chi connectivity index (χ4v) is 1.95. The number of amides is 1. The van der Waals surface area contributed by atoms with Gasteiger partial charge in [0.05, 0.1) is 16.7 Å². The number of ether oxygens (including phenoxy) is 1. The lowest BCUT2D eigenvalue weighted by Crippen LogP contribution is -2.30. The van der Waals surface area contributed by atoms with Crippen LogP contribution in [0.15, 0.2) is 42.5 Å². The quantitative estimate of drug-likeness (QED) is 0.933. The molecule has 0 fully saturated rings. The molecular formula is C16H12ClFN2O2. The van der Waals surface area contributed by atoms with Gasteiger partial charge >= 0.3 is 0 Å². The average Bonchev–Trinajstić information content (AvgIpc) is 2.49. The summed E-state index contributed by atoms with van der Waals surface area (Å²) in [6, 6.07) is 12.0. The Kier molecular flexibility index (Phi) is 4.97. The van der Waals surface area contributed by atoms with Crippen molar-refractivity contribution in [3.63, 3.8) is 0 Å². The standard InChI is InChI=1S/C16H12ClFN2O2/c1-10(16(21)20-13-4-2-3-12(18)8-13)22-15-6-5-11(9-19)7-14(15)17/h2-8,10H,1H3,(H,20,21)/t10-/m1/s1. The van der Waals surface area contributed by atoms with Gasteiger partial charge in [0.15, 0.2) is 6.10 Å². The van der Waals surface area contributed by atoms with Crippen LogP contribution in [0.5, 0.6) is 5.75 Å². The monoisotopic (exact) mass is 318 g/mol. The maximum Gasteiger partial charge on any atom is 0.265 e. The summed E-state index contributed by atoms with van der Waals surface area (Å²) in [6.07, 6.45) is -0.839. The molecule has 0 unspecified atom stereocenters. The predicted molar refractivity (Wildman–Crippen MR) is 81.3 cm³/mol. The second-order valence-electron chi connectivity index (χ2n) is 4.52. The summed E-state index contributed by atoms with van der Waals surface area (Å²) in [5, 5.41) is 11.6. The molecule has 0 aromatic heterocycles. The zero-order valence-corrected chi connectivity index (χ0v) is 12.4. The molecule has 1 atom stereocenters. The molecule has 1 N–H and O–H groups in total. The zero-order valence-electron chi connectivity index (χ0n) is 11.6. The lowest BCUT2D eigenvalue weighted by atomic mass is 10.2. The van der Waals surface area contributed by atoms with Gasteiger partial charge in [-0.1, -0.05) is 17.7 Å². The maximum absolute atomic E-state index is 13.1. The van der Waals surface area contributed by atoms with Crippen molar-refractivity contribution in [2.45, 2.75) is 13.0 Å². The number of nitrogens with one attached hydrogen (secondary N) is 1. The second kappa shape index (κ2) is 6.92. The number of nitrogens with zero attached hydrogens (tertiary/aromatic N) is 1. The number of anilines is 1. The highest BCUT2D eigenvalue weighted by molar-refractivity contribution is 6.32. The van der Waals surface area contributed by atoms with Gasteiger partial charge in [-0.3, -0.25) is 4.79 Å². The van der Waals surface area contributed by atoms with Crippen molar-refractivity contribution >= 4 is 23.2 Å². The minimum absolute atomic E-state index is 0.240. The summed E-state index contributed by atoms with van der Waals surface area (Å²) in [5.74, 6) is -0.588. The number of carbonyl (C=O) groups excluding carboxylic acids is 1. The van der Waals surface area contributed by atoms with E-state index >= 15 is 0 Å². The Bertz CT molecular complexity index is 743. The Hall–Kier alpha value is -2.58. The highest BCUT2D eigenvalue weighted by Crippen LogP contribution is 2.26. The van der Waals surface area contributed by atoms with Crippen molar-refractivity contribution in [3.8, 4) is 11.8 Å². The number of benzene rings is 2. The molecule has 0 aliphatic rings. The van der Waals surface area contributed by atoms with Crippen LogP contribution in [0, 0.1) is 17.1 Å². The molecule has 0 aliphatic carbocycles. The number of hydrogen-bond acceptors (Lipinski definition) is 3. The summed E-state index contributed by atoms with van der Waals surface area (Å²) in [4.78, 5) is 12.0. The van der Waals surface area contributed by atoms with Gasteiger partial charge in [0.1, 0.15) is 11.6 Å². The van der Waals surface area contributed by atoms with E-state index in [2.05, 4.69) is 5.32 Å². The predicted octanol–water partition coefficient (Wildman–Crippen LogP) is 3.76. The molecule has 112 valence electrons. The van der Waals surface area contributed by atoms with E-state index in [9.17, 15) is 9.18 Å². The first kappa shape index (κ1) is 15.8. The Balaban J connectivity index is 2.04. The van der Waals surface area contributed by atoms with Crippen LogP contribution in [0.2, 0.25) is 5.02 Å². The lowest BCUT2D eigenvalue weighted by molar-refractivity contribution is -0.122. The molecule has 0 saturated carbocycles. The molecule has 2 aromatic carbocycles. The van der Waals surface area contributed by atoms with Gasteiger partial charge in [-0.15, -0.1) is 0 Å². The first-order valence-electron chi connectivity index (χ1n) is 6.42. The number of halogens is 2. The topological polar surface area (TPSA) is 62.1 Å². The Morgan fingerprint density at radius 2 is 2.14 bits per heavy atom. The van der Waals surface area contributed by atoms with Crippen molar-refractivity contribution in [1.82, 2.24) is 0 Å². The van der Waals surface area contributed by atoms with E-state index in [1.807, 2.05) is 6.07 Å². The van der Waals surface area contributed by atoms with E-state index in [0.717, 1.165) is 0 Å². The van der Waals surface area contributed by atoms with Gasteiger partial charge in [-0.25, -0.2) is 4.39 Å². The van der Waals surface area contributed by atoms with Crippen LogP contribution in [0.3, 0.4) is 0 Å². The zero-order chi connectivity index (χ0) is 16.1. The number of rotatable bonds is 4. The molecule has 4 nitrogen and oxygen atoms in total. The van der Waals surface area contributed by atoms with E-state index in [-0.39, 0.29) is 5.02 Å². The molecule has 0 saturated heterocycles. The van der Waals surface area contributed by atoms with E-state index in [1.54, 1.807) is 19.1 Å². The van der Waals surface area contributed by atoms with Crippen LogP contribution < -0.4 is 10.1 Å². The molecule has 1 amide bonds. The smallest absolute Gasteiger partial charge is 0.265 e. The van der Waals surface area contributed by atoms with Gasteiger partial charge in [0, 0.05) is 5.69 Å². The third-order valence-electron chi connectivity index (χ3n) is 2.83. The summed E-state index contributed by atoms with van der Waals surface area (Å²) in [5.41, 5.74) is 0.737. The summed E-state index contributed by atoms with van der Waals surface area (Å²) in [6.45, 7) is 1.54. The lowest BCUT2D eigenvalue weighted by Gasteiger charge is -2.15. The second-order valence-corrected chi connectivity index (χ2v) is 4.92. The number of nitriles is 1. The molecule has 0 spiro atoms.